The smallest absolute Gasteiger partial charge is 0.328 e. The third kappa shape index (κ3) is 6.10. The van der Waals surface area contributed by atoms with Crippen molar-refractivity contribution in [2.45, 2.75) is 33.2 Å². The zero-order valence-corrected chi connectivity index (χ0v) is 14.0. The molecule has 6 heteroatoms. The molecule has 0 aliphatic rings. The van der Waals surface area contributed by atoms with Crippen molar-refractivity contribution in [3.63, 3.8) is 0 Å². The maximum Gasteiger partial charge on any atom is 0.328 e. The highest BCUT2D eigenvalue weighted by Crippen LogP contribution is 2.07. The van der Waals surface area contributed by atoms with Gasteiger partial charge in [-0.3, -0.25) is 9.59 Å². The Morgan fingerprint density at radius 1 is 1.17 bits per heavy atom. The van der Waals surface area contributed by atoms with Gasteiger partial charge >= 0.3 is 5.97 Å². The number of carbonyl (C=O) groups excluding carboxylic acids is 3. The van der Waals surface area contributed by atoms with Crippen molar-refractivity contribution < 1.29 is 19.1 Å². The molecule has 0 aromatic heterocycles. The van der Waals surface area contributed by atoms with Crippen molar-refractivity contribution >= 4 is 17.8 Å². The number of nitrogens with one attached hydrogen (secondary N) is 2. The number of rotatable bonds is 7. The van der Waals surface area contributed by atoms with Crippen LogP contribution < -0.4 is 10.6 Å². The summed E-state index contributed by atoms with van der Waals surface area (Å²) in [7, 11) is 1.28. The van der Waals surface area contributed by atoms with Crippen LogP contribution in [-0.2, 0) is 14.3 Å². The van der Waals surface area contributed by atoms with Gasteiger partial charge in [0.15, 0.2) is 0 Å². The van der Waals surface area contributed by atoms with Crippen LogP contribution in [0.5, 0.6) is 0 Å². The molecule has 0 saturated heterocycles. The second-order valence-corrected chi connectivity index (χ2v) is 5.77. The first kappa shape index (κ1) is 18.7. The minimum atomic E-state index is -0.706. The second-order valence-electron chi connectivity index (χ2n) is 5.77. The van der Waals surface area contributed by atoms with E-state index in [2.05, 4.69) is 15.4 Å². The van der Waals surface area contributed by atoms with Crippen LogP contribution in [-0.4, -0.2) is 37.5 Å². The monoisotopic (exact) mass is 320 g/mol. The Balaban J connectivity index is 2.56. The van der Waals surface area contributed by atoms with Crippen molar-refractivity contribution in [2.75, 3.05) is 13.7 Å². The fourth-order valence-electron chi connectivity index (χ4n) is 2.16. The number of amides is 2. The fourth-order valence-corrected chi connectivity index (χ4v) is 2.16. The fraction of sp³-hybridized carbons (Fsp3) is 0.471. The molecule has 6 nitrogen and oxygen atoms in total. The van der Waals surface area contributed by atoms with E-state index >= 15 is 0 Å². The lowest BCUT2D eigenvalue weighted by Gasteiger charge is -2.18. The number of methoxy groups -OCH3 is 1. The average Bonchev–Trinajstić information content (AvgIpc) is 2.51. The topological polar surface area (TPSA) is 84.5 Å². The van der Waals surface area contributed by atoms with Crippen LogP contribution in [0.4, 0.5) is 0 Å². The van der Waals surface area contributed by atoms with E-state index in [1.807, 2.05) is 32.9 Å². The van der Waals surface area contributed by atoms with Crippen molar-refractivity contribution in [3.8, 4) is 0 Å². The third-order valence-electron chi connectivity index (χ3n) is 3.33. The van der Waals surface area contributed by atoms with Gasteiger partial charge < -0.3 is 15.4 Å². The van der Waals surface area contributed by atoms with Crippen LogP contribution in [0.2, 0.25) is 0 Å². The van der Waals surface area contributed by atoms with Gasteiger partial charge in [0.1, 0.15) is 6.04 Å². The SMILES string of the molecule is COC(=O)[C@@H](CC(C)C)NC(=O)CNC(=O)c1ccccc1C. The quantitative estimate of drug-likeness (QED) is 0.744. The molecule has 0 spiro atoms. The van der Waals surface area contributed by atoms with Crippen LogP contribution in [0.25, 0.3) is 0 Å². The molecule has 0 bridgehead atoms. The molecule has 0 heterocycles. The lowest BCUT2D eigenvalue weighted by Crippen LogP contribution is -2.46. The van der Waals surface area contributed by atoms with Crippen LogP contribution in [0.1, 0.15) is 36.2 Å². The van der Waals surface area contributed by atoms with Crippen molar-refractivity contribution in [2.24, 2.45) is 5.92 Å². The van der Waals surface area contributed by atoms with E-state index in [0.717, 1.165) is 5.56 Å². The molecule has 0 fully saturated rings. The van der Waals surface area contributed by atoms with Crippen LogP contribution in [0, 0.1) is 12.8 Å². The van der Waals surface area contributed by atoms with Gasteiger partial charge in [0.05, 0.1) is 13.7 Å². The second kappa shape index (κ2) is 8.92. The number of hydrogen-bond acceptors (Lipinski definition) is 4. The summed E-state index contributed by atoms with van der Waals surface area (Å²) in [5, 5.41) is 5.14. The molecule has 1 aromatic rings. The van der Waals surface area contributed by atoms with Gasteiger partial charge in [-0.25, -0.2) is 4.79 Å². The molecule has 1 atom stereocenters. The summed E-state index contributed by atoms with van der Waals surface area (Å²) in [4.78, 5) is 35.6. The summed E-state index contributed by atoms with van der Waals surface area (Å²) >= 11 is 0. The molecule has 126 valence electrons. The Kier molecular flexibility index (Phi) is 7.25. The molecule has 1 rings (SSSR count). The molecule has 0 saturated carbocycles. The minimum absolute atomic E-state index is 0.196. The molecule has 2 amide bonds. The first-order valence-electron chi connectivity index (χ1n) is 7.56. The Morgan fingerprint density at radius 3 is 2.39 bits per heavy atom. The molecular weight excluding hydrogens is 296 g/mol. The standard InChI is InChI=1S/C17H24N2O4/c1-11(2)9-14(17(22)23-4)19-15(20)10-18-16(21)13-8-6-5-7-12(13)3/h5-8,11,14H,9-10H2,1-4H3,(H,18,21)(H,19,20)/t14-/m1/s1. The van der Waals surface area contributed by atoms with Gasteiger partial charge in [0, 0.05) is 5.56 Å². The minimum Gasteiger partial charge on any atom is -0.467 e. The predicted octanol–water partition coefficient (Wildman–Crippen LogP) is 1.43. The largest absolute Gasteiger partial charge is 0.467 e. The normalized spacial score (nSPS) is 11.7. The molecule has 1 aromatic carbocycles. The summed E-state index contributed by atoms with van der Waals surface area (Å²) in [6.45, 7) is 5.52. The summed E-state index contributed by atoms with van der Waals surface area (Å²) in [5.74, 6) is -1.02. The van der Waals surface area contributed by atoms with Crippen molar-refractivity contribution in [3.05, 3.63) is 35.4 Å². The van der Waals surface area contributed by atoms with Crippen LogP contribution >= 0.6 is 0 Å². The number of aryl methyl sites for hydroxylation is 1. The zero-order valence-electron chi connectivity index (χ0n) is 14.0. The summed E-state index contributed by atoms with van der Waals surface area (Å²) < 4.78 is 4.68. The number of esters is 1. The predicted molar refractivity (Wildman–Crippen MR) is 86.9 cm³/mol. The summed E-state index contributed by atoms with van der Waals surface area (Å²) in [6, 6.07) is 6.41. The van der Waals surface area contributed by atoms with Gasteiger partial charge in [-0.1, -0.05) is 32.0 Å². The van der Waals surface area contributed by atoms with Gasteiger partial charge in [-0.05, 0) is 30.9 Å². The molecule has 0 radical (unpaired) electrons. The highest BCUT2D eigenvalue weighted by molar-refractivity contribution is 5.98. The summed E-state index contributed by atoms with van der Waals surface area (Å²) in [5.41, 5.74) is 1.35. The van der Waals surface area contributed by atoms with Crippen molar-refractivity contribution in [1.29, 1.82) is 0 Å². The van der Waals surface area contributed by atoms with E-state index in [1.165, 1.54) is 7.11 Å². The van der Waals surface area contributed by atoms with E-state index in [-0.39, 0.29) is 18.4 Å². The molecule has 23 heavy (non-hydrogen) atoms. The molecule has 0 aliphatic heterocycles. The third-order valence-corrected chi connectivity index (χ3v) is 3.33. The average molecular weight is 320 g/mol. The lowest BCUT2D eigenvalue weighted by molar-refractivity contribution is -0.145. The lowest BCUT2D eigenvalue weighted by atomic mass is 10.0. The highest BCUT2D eigenvalue weighted by atomic mass is 16.5. The van der Waals surface area contributed by atoms with E-state index in [4.69, 9.17) is 0 Å². The van der Waals surface area contributed by atoms with Gasteiger partial charge in [0.2, 0.25) is 5.91 Å². The van der Waals surface area contributed by atoms with Crippen molar-refractivity contribution in [1.82, 2.24) is 10.6 Å². The van der Waals surface area contributed by atoms with E-state index in [1.54, 1.807) is 12.1 Å². The molecule has 0 aliphatic carbocycles. The maximum absolute atomic E-state index is 12.0. The summed E-state index contributed by atoms with van der Waals surface area (Å²) in [6.07, 6.45) is 0.476. The number of hydrogen-bond donors (Lipinski definition) is 2. The van der Waals surface area contributed by atoms with E-state index in [0.29, 0.717) is 12.0 Å². The van der Waals surface area contributed by atoms with E-state index in [9.17, 15) is 14.4 Å². The number of benzene rings is 1. The zero-order chi connectivity index (χ0) is 17.4. The number of ether oxygens (including phenoxy) is 1. The van der Waals surface area contributed by atoms with Gasteiger partial charge in [-0.2, -0.15) is 0 Å². The maximum atomic E-state index is 12.0. The Bertz CT molecular complexity index is 569. The highest BCUT2D eigenvalue weighted by Gasteiger charge is 2.22. The van der Waals surface area contributed by atoms with Gasteiger partial charge in [-0.15, -0.1) is 0 Å². The van der Waals surface area contributed by atoms with Crippen LogP contribution in [0.3, 0.4) is 0 Å². The Morgan fingerprint density at radius 2 is 1.83 bits per heavy atom. The van der Waals surface area contributed by atoms with Crippen LogP contribution in [0.15, 0.2) is 24.3 Å². The molecule has 0 unspecified atom stereocenters. The molecular formula is C17H24N2O4. The first-order valence-corrected chi connectivity index (χ1v) is 7.56. The molecule has 2 N–H and O–H groups in total. The first-order chi connectivity index (χ1) is 10.8. The van der Waals surface area contributed by atoms with E-state index < -0.39 is 17.9 Å². The number of carbonyl (C=O) groups is 3. The Labute approximate surface area is 136 Å². The van der Waals surface area contributed by atoms with Gasteiger partial charge in [0.25, 0.3) is 5.91 Å². The Hall–Kier alpha value is -2.37.